The topological polar surface area (TPSA) is 84.0 Å². The van der Waals surface area contributed by atoms with Gasteiger partial charge in [-0.25, -0.2) is 4.98 Å². The summed E-state index contributed by atoms with van der Waals surface area (Å²) in [7, 11) is 0. The van der Waals surface area contributed by atoms with Crippen LogP contribution in [0.25, 0.3) is 11.1 Å². The molecule has 2 N–H and O–H groups in total. The van der Waals surface area contributed by atoms with E-state index in [-0.39, 0.29) is 17.7 Å². The Kier molecular flexibility index (Phi) is 5.10. The van der Waals surface area contributed by atoms with Crippen molar-refractivity contribution >= 4 is 23.3 Å². The first-order chi connectivity index (χ1) is 13.7. The molecule has 28 heavy (non-hydrogen) atoms. The van der Waals surface area contributed by atoms with Gasteiger partial charge in [-0.05, 0) is 36.6 Å². The quantitative estimate of drug-likeness (QED) is 0.705. The van der Waals surface area contributed by atoms with E-state index < -0.39 is 0 Å². The zero-order valence-corrected chi connectivity index (χ0v) is 15.3. The first-order valence-electron chi connectivity index (χ1n) is 9.28. The Balaban J connectivity index is 1.52. The van der Waals surface area contributed by atoms with Crippen molar-refractivity contribution in [2.45, 2.75) is 19.3 Å². The molecule has 1 fully saturated rings. The van der Waals surface area contributed by atoms with Gasteiger partial charge in [-0.3, -0.25) is 14.6 Å². The van der Waals surface area contributed by atoms with Crippen LogP contribution in [0.5, 0.6) is 0 Å². The first kappa shape index (κ1) is 17.9. The number of rotatable bonds is 5. The van der Waals surface area contributed by atoms with Gasteiger partial charge in [-0.15, -0.1) is 0 Å². The summed E-state index contributed by atoms with van der Waals surface area (Å²) >= 11 is 0. The summed E-state index contributed by atoms with van der Waals surface area (Å²) in [6, 6.07) is 14.9. The van der Waals surface area contributed by atoms with E-state index in [0.717, 1.165) is 30.4 Å². The fourth-order valence-electron chi connectivity index (χ4n) is 3.10. The van der Waals surface area contributed by atoms with Crippen LogP contribution in [0.4, 0.5) is 11.5 Å². The highest BCUT2D eigenvalue weighted by molar-refractivity contribution is 6.06. The molecule has 0 radical (unpaired) electrons. The molecule has 0 spiro atoms. The van der Waals surface area contributed by atoms with Crippen molar-refractivity contribution in [3.63, 3.8) is 0 Å². The monoisotopic (exact) mass is 372 g/mol. The lowest BCUT2D eigenvalue weighted by Gasteiger charge is -2.23. The number of nitrogens with one attached hydrogen (secondary N) is 2. The van der Waals surface area contributed by atoms with E-state index in [1.807, 2.05) is 36.4 Å². The minimum absolute atomic E-state index is 0.0325. The summed E-state index contributed by atoms with van der Waals surface area (Å²) in [6.07, 6.45) is 7.75. The minimum atomic E-state index is -0.285. The van der Waals surface area contributed by atoms with Gasteiger partial charge in [-0.2, -0.15) is 0 Å². The average Bonchev–Trinajstić information content (AvgIpc) is 2.68. The molecular formula is C22H20N4O2. The van der Waals surface area contributed by atoms with Crippen molar-refractivity contribution in [1.29, 1.82) is 0 Å². The van der Waals surface area contributed by atoms with E-state index in [0.29, 0.717) is 17.1 Å². The van der Waals surface area contributed by atoms with Crippen molar-refractivity contribution in [1.82, 2.24) is 9.97 Å². The zero-order valence-electron chi connectivity index (χ0n) is 15.3. The summed E-state index contributed by atoms with van der Waals surface area (Å²) in [6.45, 7) is 0. The molecule has 2 amide bonds. The van der Waals surface area contributed by atoms with Crippen molar-refractivity contribution in [3.8, 4) is 11.1 Å². The smallest absolute Gasteiger partial charge is 0.255 e. The summed E-state index contributed by atoms with van der Waals surface area (Å²) in [5.41, 5.74) is 2.91. The number of anilines is 2. The molecule has 2 heterocycles. The molecule has 0 aliphatic heterocycles. The molecule has 0 saturated heterocycles. The molecule has 0 bridgehead atoms. The molecule has 0 atom stereocenters. The van der Waals surface area contributed by atoms with Crippen LogP contribution in [0.2, 0.25) is 0 Å². The molecule has 1 aromatic carbocycles. The Bertz CT molecular complexity index is 1000. The van der Waals surface area contributed by atoms with Crippen LogP contribution in [-0.4, -0.2) is 21.8 Å². The zero-order chi connectivity index (χ0) is 19.3. The molecule has 3 aromatic rings. The maximum absolute atomic E-state index is 12.8. The lowest BCUT2D eigenvalue weighted by Crippen LogP contribution is -2.28. The number of hydrogen-bond acceptors (Lipinski definition) is 4. The van der Waals surface area contributed by atoms with Crippen molar-refractivity contribution in [3.05, 3.63) is 72.7 Å². The fraction of sp³-hybridized carbons (Fsp3) is 0.182. The van der Waals surface area contributed by atoms with E-state index in [2.05, 4.69) is 20.6 Å². The van der Waals surface area contributed by atoms with Gasteiger partial charge in [0.1, 0.15) is 5.82 Å². The number of nitrogens with zero attached hydrogens (tertiary/aromatic N) is 2. The summed E-state index contributed by atoms with van der Waals surface area (Å²) < 4.78 is 0. The van der Waals surface area contributed by atoms with Gasteiger partial charge in [0.05, 0.1) is 11.9 Å². The van der Waals surface area contributed by atoms with Gasteiger partial charge < -0.3 is 10.6 Å². The number of amides is 2. The normalized spacial score (nSPS) is 13.4. The van der Waals surface area contributed by atoms with Crippen LogP contribution in [0.15, 0.2) is 67.1 Å². The van der Waals surface area contributed by atoms with Gasteiger partial charge >= 0.3 is 0 Å². The Hall–Kier alpha value is -3.54. The van der Waals surface area contributed by atoms with Crippen molar-refractivity contribution in [2.24, 2.45) is 5.92 Å². The van der Waals surface area contributed by atoms with Crippen LogP contribution < -0.4 is 10.6 Å². The predicted octanol–water partition coefficient (Wildman–Crippen LogP) is 4.13. The number of carbonyl (C=O) groups excluding carboxylic acids is 2. The van der Waals surface area contributed by atoms with E-state index in [4.69, 9.17) is 0 Å². The maximum atomic E-state index is 12.8. The van der Waals surface area contributed by atoms with Gasteiger partial charge in [0.25, 0.3) is 5.91 Å². The number of carbonyl (C=O) groups is 2. The molecule has 140 valence electrons. The summed E-state index contributed by atoms with van der Waals surface area (Å²) in [5, 5.41) is 5.71. The third-order valence-electron chi connectivity index (χ3n) is 4.90. The summed E-state index contributed by atoms with van der Waals surface area (Å²) in [4.78, 5) is 33.1. The molecule has 6 nitrogen and oxygen atoms in total. The van der Waals surface area contributed by atoms with E-state index in [1.54, 1.807) is 24.5 Å². The lowest BCUT2D eigenvalue weighted by molar-refractivity contribution is -0.122. The van der Waals surface area contributed by atoms with E-state index in [1.165, 1.54) is 6.20 Å². The third kappa shape index (κ3) is 3.91. The molecule has 1 aliphatic carbocycles. The molecular weight excluding hydrogens is 352 g/mol. The number of pyridine rings is 2. The molecule has 1 aliphatic rings. The maximum Gasteiger partial charge on any atom is 0.255 e. The fourth-order valence-corrected chi connectivity index (χ4v) is 3.10. The number of hydrogen-bond donors (Lipinski definition) is 2. The highest BCUT2D eigenvalue weighted by Gasteiger charge is 2.25. The van der Waals surface area contributed by atoms with Gasteiger partial charge in [0.2, 0.25) is 5.91 Å². The van der Waals surface area contributed by atoms with Crippen LogP contribution >= 0.6 is 0 Å². The Labute approximate surface area is 163 Å². The predicted molar refractivity (Wildman–Crippen MR) is 108 cm³/mol. The van der Waals surface area contributed by atoms with Gasteiger partial charge in [-0.1, -0.05) is 36.8 Å². The van der Waals surface area contributed by atoms with Gasteiger partial charge in [0.15, 0.2) is 0 Å². The first-order valence-corrected chi connectivity index (χ1v) is 9.28. The Morgan fingerprint density at radius 2 is 1.79 bits per heavy atom. The molecule has 6 heteroatoms. The number of benzene rings is 1. The van der Waals surface area contributed by atoms with Crippen LogP contribution in [0, 0.1) is 5.92 Å². The Morgan fingerprint density at radius 3 is 2.54 bits per heavy atom. The third-order valence-corrected chi connectivity index (χ3v) is 4.90. The molecule has 2 aromatic heterocycles. The second-order valence-corrected chi connectivity index (χ2v) is 6.79. The molecule has 4 rings (SSSR count). The van der Waals surface area contributed by atoms with Crippen molar-refractivity contribution in [2.75, 3.05) is 10.6 Å². The molecule has 1 saturated carbocycles. The molecule has 0 unspecified atom stereocenters. The number of aromatic nitrogens is 2. The lowest BCUT2D eigenvalue weighted by atomic mass is 9.85. The van der Waals surface area contributed by atoms with E-state index >= 15 is 0 Å². The van der Waals surface area contributed by atoms with Crippen LogP contribution in [-0.2, 0) is 4.79 Å². The SMILES string of the molecule is O=C(Nc1cnccc1-c1ccccc1)c1ccnc(NC(=O)C2CCC2)c1. The van der Waals surface area contributed by atoms with E-state index in [9.17, 15) is 9.59 Å². The second kappa shape index (κ2) is 8.00. The highest BCUT2D eigenvalue weighted by atomic mass is 16.2. The van der Waals surface area contributed by atoms with Crippen LogP contribution in [0.3, 0.4) is 0 Å². The average molecular weight is 372 g/mol. The van der Waals surface area contributed by atoms with Crippen LogP contribution in [0.1, 0.15) is 29.6 Å². The second-order valence-electron chi connectivity index (χ2n) is 6.79. The van der Waals surface area contributed by atoms with Crippen molar-refractivity contribution < 1.29 is 9.59 Å². The van der Waals surface area contributed by atoms with Gasteiger partial charge in [0, 0.05) is 29.4 Å². The standard InChI is InChI=1S/C22H20N4O2/c27-21(16-7-4-8-16)26-20-13-17(9-12-24-20)22(28)25-19-14-23-11-10-18(19)15-5-2-1-3-6-15/h1-3,5-6,9-14,16H,4,7-8H2,(H,25,28)(H,24,26,27). The highest BCUT2D eigenvalue weighted by Crippen LogP contribution is 2.28. The minimum Gasteiger partial charge on any atom is -0.320 e. The Morgan fingerprint density at radius 1 is 0.964 bits per heavy atom. The summed E-state index contributed by atoms with van der Waals surface area (Å²) in [5.74, 6) is 0.129. The largest absolute Gasteiger partial charge is 0.320 e.